The zero-order chi connectivity index (χ0) is 13.8. The van der Waals surface area contributed by atoms with E-state index in [9.17, 15) is 5.11 Å². The standard InChI is InChI=1S/C15H23BrN2O/c1-3-4-13(18-9-7-17-8-10-18)14-12(16)6-5-11(2)15(14)19/h5-6,13,17,19H,3-4,7-10H2,1-2H3/t13-/m0/s1. The molecular formula is C15H23BrN2O. The maximum absolute atomic E-state index is 10.4. The van der Waals surface area contributed by atoms with Gasteiger partial charge in [-0.2, -0.15) is 0 Å². The van der Waals surface area contributed by atoms with Crippen LogP contribution in [0.3, 0.4) is 0 Å². The van der Waals surface area contributed by atoms with Gasteiger partial charge in [0.2, 0.25) is 0 Å². The normalized spacial score (nSPS) is 18.5. The number of hydrogen-bond donors (Lipinski definition) is 2. The summed E-state index contributed by atoms with van der Waals surface area (Å²) in [6.45, 7) is 8.33. The number of halogens is 1. The number of phenolic OH excluding ortho intramolecular Hbond substituents is 1. The highest BCUT2D eigenvalue weighted by Crippen LogP contribution is 2.39. The second-order valence-corrected chi connectivity index (χ2v) is 6.07. The lowest BCUT2D eigenvalue weighted by Crippen LogP contribution is -2.45. The third kappa shape index (κ3) is 3.30. The van der Waals surface area contributed by atoms with Crippen LogP contribution in [0.5, 0.6) is 5.75 Å². The van der Waals surface area contributed by atoms with Crippen molar-refractivity contribution in [3.63, 3.8) is 0 Å². The van der Waals surface area contributed by atoms with E-state index in [0.29, 0.717) is 11.8 Å². The van der Waals surface area contributed by atoms with E-state index in [1.54, 1.807) is 0 Å². The molecule has 0 bridgehead atoms. The molecule has 0 aliphatic carbocycles. The van der Waals surface area contributed by atoms with Gasteiger partial charge in [-0.15, -0.1) is 0 Å². The lowest BCUT2D eigenvalue weighted by Gasteiger charge is -2.36. The quantitative estimate of drug-likeness (QED) is 0.891. The number of aryl methyl sites for hydroxylation is 1. The Hall–Kier alpha value is -0.580. The maximum Gasteiger partial charge on any atom is 0.124 e. The highest BCUT2D eigenvalue weighted by atomic mass is 79.9. The lowest BCUT2D eigenvalue weighted by atomic mass is 9.97. The highest BCUT2D eigenvalue weighted by molar-refractivity contribution is 9.10. The fraction of sp³-hybridized carbons (Fsp3) is 0.600. The molecule has 0 aromatic heterocycles. The molecule has 2 N–H and O–H groups in total. The molecular weight excluding hydrogens is 304 g/mol. The second-order valence-electron chi connectivity index (χ2n) is 5.22. The molecule has 1 saturated heterocycles. The first-order valence-electron chi connectivity index (χ1n) is 7.08. The van der Waals surface area contributed by atoms with E-state index < -0.39 is 0 Å². The topological polar surface area (TPSA) is 35.5 Å². The van der Waals surface area contributed by atoms with E-state index in [2.05, 4.69) is 39.1 Å². The molecule has 0 saturated carbocycles. The van der Waals surface area contributed by atoms with Crippen molar-refractivity contribution in [2.75, 3.05) is 26.2 Å². The Labute approximate surface area is 124 Å². The van der Waals surface area contributed by atoms with Gasteiger partial charge in [0.05, 0.1) is 0 Å². The van der Waals surface area contributed by atoms with E-state index >= 15 is 0 Å². The molecule has 1 atom stereocenters. The molecule has 0 unspecified atom stereocenters. The van der Waals surface area contributed by atoms with Crippen molar-refractivity contribution in [3.05, 3.63) is 27.7 Å². The summed E-state index contributed by atoms with van der Waals surface area (Å²) in [5.74, 6) is 0.450. The first kappa shape index (κ1) is 14.8. The van der Waals surface area contributed by atoms with Crippen LogP contribution in [-0.4, -0.2) is 36.2 Å². The number of hydrogen-bond acceptors (Lipinski definition) is 3. The number of rotatable bonds is 4. The average Bonchev–Trinajstić information content (AvgIpc) is 2.43. The smallest absolute Gasteiger partial charge is 0.124 e. The minimum Gasteiger partial charge on any atom is -0.507 e. The molecule has 2 rings (SSSR count). The maximum atomic E-state index is 10.4. The molecule has 1 aliphatic heterocycles. The van der Waals surface area contributed by atoms with Gasteiger partial charge in [-0.3, -0.25) is 4.90 Å². The molecule has 1 aliphatic rings. The first-order chi connectivity index (χ1) is 9.15. The Bertz CT molecular complexity index is 430. The zero-order valence-corrected chi connectivity index (χ0v) is 13.3. The minimum absolute atomic E-state index is 0.307. The highest BCUT2D eigenvalue weighted by Gasteiger charge is 2.26. The zero-order valence-electron chi connectivity index (χ0n) is 11.7. The largest absolute Gasteiger partial charge is 0.507 e. The van der Waals surface area contributed by atoms with E-state index in [-0.39, 0.29) is 0 Å². The number of aromatic hydroxyl groups is 1. The average molecular weight is 327 g/mol. The Balaban J connectivity index is 2.35. The minimum atomic E-state index is 0.307. The molecule has 0 radical (unpaired) electrons. The van der Waals surface area contributed by atoms with Crippen molar-refractivity contribution in [1.29, 1.82) is 0 Å². The predicted octanol–water partition coefficient (Wildman–Crippen LogP) is 3.21. The van der Waals surface area contributed by atoms with Crippen molar-refractivity contribution in [2.24, 2.45) is 0 Å². The Morgan fingerprint density at radius 2 is 2.05 bits per heavy atom. The molecule has 0 spiro atoms. The molecule has 4 heteroatoms. The van der Waals surface area contributed by atoms with Crippen LogP contribution >= 0.6 is 15.9 Å². The SMILES string of the molecule is CCC[C@@H](c1c(Br)ccc(C)c1O)N1CCNCC1. The van der Waals surface area contributed by atoms with Crippen LogP contribution in [0.4, 0.5) is 0 Å². The number of benzene rings is 1. The number of piperazine rings is 1. The summed E-state index contributed by atoms with van der Waals surface area (Å²) in [7, 11) is 0. The van der Waals surface area contributed by atoms with Gasteiger partial charge >= 0.3 is 0 Å². The third-order valence-electron chi connectivity index (χ3n) is 3.85. The molecule has 106 valence electrons. The summed E-state index contributed by atoms with van der Waals surface area (Å²) in [6, 6.07) is 4.32. The van der Waals surface area contributed by atoms with E-state index in [0.717, 1.165) is 54.6 Å². The molecule has 1 heterocycles. The third-order valence-corrected chi connectivity index (χ3v) is 4.54. The van der Waals surface area contributed by atoms with Gasteiger partial charge in [-0.25, -0.2) is 0 Å². The van der Waals surface area contributed by atoms with Crippen LogP contribution in [0.15, 0.2) is 16.6 Å². The van der Waals surface area contributed by atoms with Crippen LogP contribution in [-0.2, 0) is 0 Å². The van der Waals surface area contributed by atoms with Crippen molar-refractivity contribution in [2.45, 2.75) is 32.7 Å². The van der Waals surface area contributed by atoms with Gasteiger partial charge in [0.25, 0.3) is 0 Å². The summed E-state index contributed by atoms with van der Waals surface area (Å²) in [4.78, 5) is 2.49. The van der Waals surface area contributed by atoms with Gasteiger partial charge < -0.3 is 10.4 Å². The van der Waals surface area contributed by atoms with Crippen LogP contribution in [0.2, 0.25) is 0 Å². The van der Waals surface area contributed by atoms with Crippen LogP contribution in [0, 0.1) is 6.92 Å². The molecule has 0 amide bonds. The van der Waals surface area contributed by atoms with Crippen molar-refractivity contribution >= 4 is 15.9 Å². The van der Waals surface area contributed by atoms with Crippen LogP contribution in [0.1, 0.15) is 36.9 Å². The predicted molar refractivity (Wildman–Crippen MR) is 82.6 cm³/mol. The number of nitrogens with zero attached hydrogens (tertiary/aromatic N) is 1. The molecule has 19 heavy (non-hydrogen) atoms. The summed E-state index contributed by atoms with van der Waals surface area (Å²) in [6.07, 6.45) is 2.20. The first-order valence-corrected chi connectivity index (χ1v) is 7.87. The van der Waals surface area contributed by atoms with Crippen molar-refractivity contribution < 1.29 is 5.11 Å². The van der Waals surface area contributed by atoms with Crippen molar-refractivity contribution in [1.82, 2.24) is 10.2 Å². The van der Waals surface area contributed by atoms with Crippen LogP contribution < -0.4 is 5.32 Å². The van der Waals surface area contributed by atoms with Gasteiger partial charge in [0.1, 0.15) is 5.75 Å². The lowest BCUT2D eigenvalue weighted by molar-refractivity contribution is 0.161. The van der Waals surface area contributed by atoms with Gasteiger partial charge in [0.15, 0.2) is 0 Å². The Morgan fingerprint density at radius 3 is 2.68 bits per heavy atom. The summed E-state index contributed by atoms with van der Waals surface area (Å²) >= 11 is 3.62. The number of phenols is 1. The van der Waals surface area contributed by atoms with Crippen molar-refractivity contribution in [3.8, 4) is 5.75 Å². The number of nitrogens with one attached hydrogen (secondary N) is 1. The van der Waals surface area contributed by atoms with E-state index in [1.165, 1.54) is 0 Å². The van der Waals surface area contributed by atoms with Gasteiger partial charge in [-0.05, 0) is 25.0 Å². The summed E-state index contributed by atoms with van der Waals surface area (Å²) in [5, 5.41) is 13.8. The summed E-state index contributed by atoms with van der Waals surface area (Å²) in [5.41, 5.74) is 2.01. The summed E-state index contributed by atoms with van der Waals surface area (Å²) < 4.78 is 1.02. The van der Waals surface area contributed by atoms with Gasteiger partial charge in [-0.1, -0.05) is 35.3 Å². The fourth-order valence-corrected chi connectivity index (χ4v) is 3.37. The van der Waals surface area contributed by atoms with E-state index in [4.69, 9.17) is 0 Å². The van der Waals surface area contributed by atoms with Gasteiger partial charge in [0, 0.05) is 42.3 Å². The Kier molecular flexibility index (Phi) is 5.25. The molecule has 1 fully saturated rings. The fourth-order valence-electron chi connectivity index (χ4n) is 2.79. The Morgan fingerprint density at radius 1 is 1.37 bits per heavy atom. The molecule has 1 aromatic carbocycles. The van der Waals surface area contributed by atoms with Crippen LogP contribution in [0.25, 0.3) is 0 Å². The molecule has 3 nitrogen and oxygen atoms in total. The second kappa shape index (κ2) is 6.73. The molecule has 1 aromatic rings. The van der Waals surface area contributed by atoms with E-state index in [1.807, 2.05) is 13.0 Å². The monoisotopic (exact) mass is 326 g/mol.